The number of ether oxygens (including phenoxy) is 3. The fourth-order valence-electron chi connectivity index (χ4n) is 4.63. The van der Waals surface area contributed by atoms with E-state index in [1.165, 1.54) is 11.0 Å². The molecule has 11 heteroatoms. The number of carbonyl (C=O) groups excluding carboxylic acids is 2. The van der Waals surface area contributed by atoms with Gasteiger partial charge in [-0.05, 0) is 56.2 Å². The topological polar surface area (TPSA) is 114 Å². The number of benzene rings is 3. The van der Waals surface area contributed by atoms with Crippen LogP contribution in [-0.4, -0.2) is 63.4 Å². The van der Waals surface area contributed by atoms with Crippen molar-refractivity contribution >= 4 is 27.5 Å². The largest absolute Gasteiger partial charge is 0.497 e. The second kappa shape index (κ2) is 12.7. The second-order valence-electron chi connectivity index (χ2n) is 11.1. The Hall–Kier alpha value is -4.25. The smallest absolute Gasteiger partial charge is 0.244 e. The molecule has 0 bridgehead atoms. The number of nitrogens with one attached hydrogen (secondary N) is 1. The van der Waals surface area contributed by atoms with Gasteiger partial charge in [-0.2, -0.15) is 0 Å². The summed E-state index contributed by atoms with van der Waals surface area (Å²) in [5.41, 5.74) is 1.25. The van der Waals surface area contributed by atoms with Crippen LogP contribution in [-0.2, 0) is 32.6 Å². The van der Waals surface area contributed by atoms with Gasteiger partial charge in [0.15, 0.2) is 11.5 Å². The quantitative estimate of drug-likeness (QED) is 0.359. The first-order valence-corrected chi connectivity index (χ1v) is 15.3. The zero-order valence-electron chi connectivity index (χ0n) is 24.5. The Labute approximate surface area is 247 Å². The Kier molecular flexibility index (Phi) is 9.30. The molecule has 0 aliphatic carbocycles. The van der Waals surface area contributed by atoms with Crippen molar-refractivity contribution in [2.75, 3.05) is 31.0 Å². The number of hydrogen-bond acceptors (Lipinski definition) is 7. The number of amides is 2. The number of carbonyl (C=O) groups is 2. The molecule has 0 radical (unpaired) electrons. The average Bonchev–Trinajstić information content (AvgIpc) is 3.40. The summed E-state index contributed by atoms with van der Waals surface area (Å²) in [5.74, 6) is 0.563. The molecule has 0 saturated heterocycles. The normalized spacial score (nSPS) is 13.3. The van der Waals surface area contributed by atoms with Crippen LogP contribution < -0.4 is 23.8 Å². The maximum Gasteiger partial charge on any atom is 0.244 e. The molecule has 1 unspecified atom stereocenters. The van der Waals surface area contributed by atoms with Crippen molar-refractivity contribution in [3.63, 3.8) is 0 Å². The molecule has 1 N–H and O–H groups in total. The van der Waals surface area contributed by atoms with Gasteiger partial charge in [0.05, 0.1) is 19.1 Å². The number of hydrogen-bond donors (Lipinski definition) is 1. The molecule has 1 atom stereocenters. The van der Waals surface area contributed by atoms with E-state index in [1.807, 2.05) is 57.2 Å². The minimum Gasteiger partial charge on any atom is -0.497 e. The summed E-state index contributed by atoms with van der Waals surface area (Å²) in [7, 11) is -2.36. The summed E-state index contributed by atoms with van der Waals surface area (Å²) in [5, 5.41) is 3.01. The molecule has 0 spiro atoms. The Morgan fingerprint density at radius 1 is 0.952 bits per heavy atom. The molecular weight excluding hydrogens is 558 g/mol. The van der Waals surface area contributed by atoms with Gasteiger partial charge in [-0.3, -0.25) is 13.9 Å². The standard InChI is InChI=1S/C31H37N3O7S/c1-31(2,3)32-30(36)26(17-22-10-7-6-8-11-22)33(19-23-12-9-13-25(16-23)39-4)29(35)20-34(42(5,37)38)24-14-15-27-28(18-24)41-21-40-27/h6-16,18,26H,17,19-21H2,1-5H3,(H,32,36). The van der Waals surface area contributed by atoms with Crippen molar-refractivity contribution in [2.45, 2.75) is 45.3 Å². The van der Waals surface area contributed by atoms with E-state index >= 15 is 0 Å². The predicted octanol–water partition coefficient (Wildman–Crippen LogP) is 3.74. The van der Waals surface area contributed by atoms with Gasteiger partial charge in [0.2, 0.25) is 28.6 Å². The lowest BCUT2D eigenvalue weighted by atomic mass is 10.0. The van der Waals surface area contributed by atoms with Crippen molar-refractivity contribution in [1.29, 1.82) is 0 Å². The van der Waals surface area contributed by atoms with Gasteiger partial charge in [0.1, 0.15) is 18.3 Å². The van der Waals surface area contributed by atoms with Crippen molar-refractivity contribution < 1.29 is 32.2 Å². The summed E-state index contributed by atoms with van der Waals surface area (Å²) >= 11 is 0. The van der Waals surface area contributed by atoms with Crippen LogP contribution in [0.25, 0.3) is 0 Å². The number of anilines is 1. The minimum atomic E-state index is -3.91. The first-order valence-electron chi connectivity index (χ1n) is 13.5. The van der Waals surface area contributed by atoms with Gasteiger partial charge >= 0.3 is 0 Å². The van der Waals surface area contributed by atoms with Crippen LogP contribution in [0.1, 0.15) is 31.9 Å². The zero-order valence-corrected chi connectivity index (χ0v) is 25.3. The van der Waals surface area contributed by atoms with Crippen LogP contribution in [0.4, 0.5) is 5.69 Å². The van der Waals surface area contributed by atoms with Crippen LogP contribution in [0.3, 0.4) is 0 Å². The highest BCUT2D eigenvalue weighted by Crippen LogP contribution is 2.36. The Morgan fingerprint density at radius 3 is 2.31 bits per heavy atom. The number of rotatable bonds is 11. The molecule has 1 aliphatic rings. The number of nitrogens with zero attached hydrogens (tertiary/aromatic N) is 2. The predicted molar refractivity (Wildman–Crippen MR) is 160 cm³/mol. The van der Waals surface area contributed by atoms with E-state index in [4.69, 9.17) is 14.2 Å². The fourth-order valence-corrected chi connectivity index (χ4v) is 5.47. The molecule has 42 heavy (non-hydrogen) atoms. The second-order valence-corrected chi connectivity index (χ2v) is 13.0. The molecule has 10 nitrogen and oxygen atoms in total. The number of sulfonamides is 1. The first-order chi connectivity index (χ1) is 19.8. The lowest BCUT2D eigenvalue weighted by Gasteiger charge is -2.35. The van der Waals surface area contributed by atoms with Gasteiger partial charge in [0, 0.05) is 24.6 Å². The fraction of sp³-hybridized carbons (Fsp3) is 0.355. The Balaban J connectivity index is 1.75. The van der Waals surface area contributed by atoms with E-state index in [1.54, 1.807) is 37.4 Å². The molecule has 3 aromatic carbocycles. The third-order valence-corrected chi connectivity index (χ3v) is 7.72. The van der Waals surface area contributed by atoms with Crippen molar-refractivity contribution in [3.8, 4) is 17.2 Å². The van der Waals surface area contributed by atoms with Crippen LogP contribution in [0.5, 0.6) is 17.2 Å². The summed E-state index contributed by atoms with van der Waals surface area (Å²) in [6.45, 7) is 5.13. The highest BCUT2D eigenvalue weighted by Gasteiger charge is 2.34. The Morgan fingerprint density at radius 2 is 1.64 bits per heavy atom. The molecule has 4 rings (SSSR count). The van der Waals surface area contributed by atoms with Gasteiger partial charge < -0.3 is 24.4 Å². The van der Waals surface area contributed by atoms with E-state index in [2.05, 4.69) is 5.32 Å². The molecule has 224 valence electrons. The summed E-state index contributed by atoms with van der Waals surface area (Å²) < 4.78 is 43.2. The van der Waals surface area contributed by atoms with Crippen LogP contribution in [0, 0.1) is 0 Å². The average molecular weight is 596 g/mol. The first kappa shape index (κ1) is 30.7. The molecule has 0 fully saturated rings. The maximum absolute atomic E-state index is 14.2. The van der Waals surface area contributed by atoms with E-state index in [9.17, 15) is 18.0 Å². The maximum atomic E-state index is 14.2. The molecule has 2 amide bonds. The monoisotopic (exact) mass is 595 g/mol. The lowest BCUT2D eigenvalue weighted by Crippen LogP contribution is -2.56. The lowest BCUT2D eigenvalue weighted by molar-refractivity contribution is -0.140. The van der Waals surface area contributed by atoms with Gasteiger partial charge in [-0.15, -0.1) is 0 Å². The highest BCUT2D eigenvalue weighted by atomic mass is 32.2. The molecular formula is C31H37N3O7S. The van der Waals surface area contributed by atoms with Gasteiger partial charge in [-0.25, -0.2) is 8.42 Å². The summed E-state index contributed by atoms with van der Waals surface area (Å²) in [6.07, 6.45) is 1.26. The molecule has 0 aromatic heterocycles. The zero-order chi connectivity index (χ0) is 30.5. The van der Waals surface area contributed by atoms with Gasteiger partial charge in [-0.1, -0.05) is 42.5 Å². The number of methoxy groups -OCH3 is 1. The summed E-state index contributed by atoms with van der Waals surface area (Å²) in [6, 6.07) is 20.3. The van der Waals surface area contributed by atoms with Crippen molar-refractivity contribution in [2.24, 2.45) is 0 Å². The Bertz CT molecular complexity index is 1520. The molecule has 0 saturated carbocycles. The summed E-state index contributed by atoms with van der Waals surface area (Å²) in [4.78, 5) is 29.5. The molecule has 3 aromatic rings. The third kappa shape index (κ3) is 7.94. The molecule has 1 aliphatic heterocycles. The van der Waals surface area contributed by atoms with Crippen LogP contribution >= 0.6 is 0 Å². The van der Waals surface area contributed by atoms with Crippen molar-refractivity contribution in [3.05, 3.63) is 83.9 Å². The van der Waals surface area contributed by atoms with E-state index in [0.717, 1.165) is 21.7 Å². The highest BCUT2D eigenvalue weighted by molar-refractivity contribution is 7.92. The minimum absolute atomic E-state index is 0.0228. The number of fused-ring (bicyclic) bond motifs is 1. The van der Waals surface area contributed by atoms with E-state index in [0.29, 0.717) is 17.2 Å². The van der Waals surface area contributed by atoms with Crippen LogP contribution in [0.15, 0.2) is 72.8 Å². The van der Waals surface area contributed by atoms with E-state index < -0.39 is 34.1 Å². The van der Waals surface area contributed by atoms with Gasteiger partial charge in [0.25, 0.3) is 0 Å². The SMILES string of the molecule is COc1cccc(CN(C(=O)CN(c2ccc3c(c2)OCO3)S(C)(=O)=O)C(Cc2ccccc2)C(=O)NC(C)(C)C)c1. The van der Waals surface area contributed by atoms with Crippen molar-refractivity contribution in [1.82, 2.24) is 10.2 Å². The van der Waals surface area contributed by atoms with E-state index in [-0.39, 0.29) is 31.4 Å². The van der Waals surface area contributed by atoms with Crippen LogP contribution in [0.2, 0.25) is 0 Å². The molecule has 1 heterocycles. The third-order valence-electron chi connectivity index (χ3n) is 6.58.